The highest BCUT2D eigenvalue weighted by Crippen LogP contribution is 2.24. The van der Waals surface area contributed by atoms with Crippen molar-refractivity contribution in [2.24, 2.45) is 5.73 Å². The van der Waals surface area contributed by atoms with Gasteiger partial charge in [0.15, 0.2) is 0 Å². The average molecular weight is 305 g/mol. The smallest absolute Gasteiger partial charge is 0.276 e. The molecule has 4 nitrogen and oxygen atoms in total. The van der Waals surface area contributed by atoms with Gasteiger partial charge >= 0.3 is 0 Å². The fraction of sp³-hybridized carbons (Fsp3) is 0.500. The molecule has 21 heavy (non-hydrogen) atoms. The van der Waals surface area contributed by atoms with E-state index in [2.05, 4.69) is 42.2 Å². The molecule has 5 heteroatoms. The molecule has 0 atom stereocenters. The zero-order chi connectivity index (χ0) is 15.1. The monoisotopic (exact) mass is 305 g/mol. The number of rotatable bonds is 8. The Balaban J connectivity index is 1.83. The Morgan fingerprint density at radius 2 is 2.00 bits per heavy atom. The molecular formula is C16H23N3OS. The molecule has 0 amide bonds. The summed E-state index contributed by atoms with van der Waals surface area (Å²) in [6, 6.07) is 6.50. The van der Waals surface area contributed by atoms with Crippen LogP contribution >= 0.6 is 11.8 Å². The molecule has 0 bridgehead atoms. The Morgan fingerprint density at radius 1 is 1.14 bits per heavy atom. The van der Waals surface area contributed by atoms with E-state index in [-0.39, 0.29) is 0 Å². The van der Waals surface area contributed by atoms with Gasteiger partial charge in [0, 0.05) is 12.2 Å². The number of aryl methyl sites for hydroxylation is 3. The number of nitrogens with zero attached hydrogens (tertiary/aromatic N) is 2. The van der Waals surface area contributed by atoms with Crippen LogP contribution in [-0.4, -0.2) is 16.7 Å². The number of unbranched alkanes of at least 4 members (excludes halogenated alkanes) is 2. The topological polar surface area (TPSA) is 64.9 Å². The normalized spacial score (nSPS) is 11.0. The number of nitrogens with two attached hydrogens (primary N) is 1. The van der Waals surface area contributed by atoms with Crippen molar-refractivity contribution in [2.45, 2.75) is 50.5 Å². The molecule has 0 unspecified atom stereocenters. The van der Waals surface area contributed by atoms with E-state index >= 15 is 0 Å². The van der Waals surface area contributed by atoms with E-state index in [0.29, 0.717) is 5.22 Å². The van der Waals surface area contributed by atoms with Crippen molar-refractivity contribution in [3.8, 4) is 0 Å². The lowest BCUT2D eigenvalue weighted by atomic mass is 10.1. The lowest BCUT2D eigenvalue weighted by Crippen LogP contribution is -1.98. The van der Waals surface area contributed by atoms with E-state index in [1.165, 1.54) is 16.7 Å². The first-order valence-corrected chi connectivity index (χ1v) is 8.39. The largest absolute Gasteiger partial charge is 0.416 e. The van der Waals surface area contributed by atoms with Gasteiger partial charge in [0.05, 0.1) is 0 Å². The quantitative estimate of drug-likeness (QED) is 0.595. The van der Waals surface area contributed by atoms with Crippen molar-refractivity contribution in [3.63, 3.8) is 0 Å². The Labute approximate surface area is 130 Å². The van der Waals surface area contributed by atoms with Gasteiger partial charge in [-0.05, 0) is 44.4 Å². The summed E-state index contributed by atoms with van der Waals surface area (Å²) >= 11 is 1.60. The molecule has 114 valence electrons. The zero-order valence-electron chi connectivity index (χ0n) is 12.8. The SMILES string of the molecule is Cc1ccc(C)c(CSc2nnc(CCCCCN)o2)c1. The van der Waals surface area contributed by atoms with Gasteiger partial charge in [-0.2, -0.15) is 0 Å². The van der Waals surface area contributed by atoms with Crippen LogP contribution in [0, 0.1) is 13.8 Å². The van der Waals surface area contributed by atoms with Gasteiger partial charge in [0.1, 0.15) is 0 Å². The standard InChI is InChI=1S/C16H23N3OS/c1-12-7-8-13(2)14(10-12)11-21-16-19-18-15(20-16)6-4-3-5-9-17/h7-8,10H,3-6,9,11,17H2,1-2H3. The third-order valence-corrected chi connectivity index (χ3v) is 4.27. The minimum Gasteiger partial charge on any atom is -0.416 e. The first-order valence-electron chi connectivity index (χ1n) is 7.40. The minimum atomic E-state index is 0.657. The molecule has 1 aromatic carbocycles. The van der Waals surface area contributed by atoms with Crippen LogP contribution in [-0.2, 0) is 12.2 Å². The van der Waals surface area contributed by atoms with Gasteiger partial charge in [0.2, 0.25) is 5.89 Å². The van der Waals surface area contributed by atoms with Crippen molar-refractivity contribution >= 4 is 11.8 Å². The highest BCUT2D eigenvalue weighted by Gasteiger charge is 2.08. The molecule has 0 aliphatic heterocycles. The Kier molecular flexibility index (Phi) is 6.26. The van der Waals surface area contributed by atoms with E-state index < -0.39 is 0 Å². The Hall–Kier alpha value is -1.33. The Morgan fingerprint density at radius 3 is 2.81 bits per heavy atom. The maximum atomic E-state index is 5.67. The molecule has 0 aliphatic carbocycles. The fourth-order valence-electron chi connectivity index (χ4n) is 2.09. The lowest BCUT2D eigenvalue weighted by Gasteiger charge is -2.04. The number of thioether (sulfide) groups is 1. The van der Waals surface area contributed by atoms with Gasteiger partial charge < -0.3 is 10.2 Å². The summed E-state index contributed by atoms with van der Waals surface area (Å²) < 4.78 is 5.67. The number of hydrogen-bond donors (Lipinski definition) is 1. The molecule has 0 aliphatic rings. The van der Waals surface area contributed by atoms with Crippen LogP contribution in [0.3, 0.4) is 0 Å². The summed E-state index contributed by atoms with van der Waals surface area (Å²) in [5.41, 5.74) is 9.38. The molecule has 2 rings (SSSR count). The van der Waals surface area contributed by atoms with Crippen molar-refractivity contribution in [1.29, 1.82) is 0 Å². The predicted molar refractivity (Wildman–Crippen MR) is 86.4 cm³/mol. The third-order valence-electron chi connectivity index (χ3n) is 3.40. The molecule has 1 aromatic heterocycles. The molecule has 0 radical (unpaired) electrons. The van der Waals surface area contributed by atoms with Gasteiger partial charge in [-0.15, -0.1) is 10.2 Å². The molecule has 0 saturated heterocycles. The lowest BCUT2D eigenvalue weighted by molar-refractivity contribution is 0.407. The Bertz CT molecular complexity index is 568. The molecule has 0 fully saturated rings. The van der Waals surface area contributed by atoms with E-state index in [4.69, 9.17) is 10.2 Å². The van der Waals surface area contributed by atoms with Crippen LogP contribution in [0.1, 0.15) is 41.8 Å². The van der Waals surface area contributed by atoms with E-state index in [1.54, 1.807) is 11.8 Å². The summed E-state index contributed by atoms with van der Waals surface area (Å²) in [5.74, 6) is 1.60. The van der Waals surface area contributed by atoms with Crippen LogP contribution < -0.4 is 5.73 Å². The highest BCUT2D eigenvalue weighted by atomic mass is 32.2. The van der Waals surface area contributed by atoms with E-state index in [1.807, 2.05) is 0 Å². The van der Waals surface area contributed by atoms with Crippen LogP contribution in [0.5, 0.6) is 0 Å². The molecule has 0 spiro atoms. The van der Waals surface area contributed by atoms with E-state index in [9.17, 15) is 0 Å². The second-order valence-electron chi connectivity index (χ2n) is 5.28. The van der Waals surface area contributed by atoms with Crippen LogP contribution in [0.2, 0.25) is 0 Å². The summed E-state index contributed by atoms with van der Waals surface area (Å²) in [5, 5.41) is 8.86. The maximum Gasteiger partial charge on any atom is 0.276 e. The first-order chi connectivity index (χ1) is 10.2. The minimum absolute atomic E-state index is 0.657. The third kappa shape index (κ3) is 5.17. The highest BCUT2D eigenvalue weighted by molar-refractivity contribution is 7.98. The van der Waals surface area contributed by atoms with Crippen LogP contribution in [0.25, 0.3) is 0 Å². The average Bonchev–Trinajstić information content (AvgIpc) is 2.92. The predicted octanol–water partition coefficient (Wildman–Crippen LogP) is 3.65. The summed E-state index contributed by atoms with van der Waals surface area (Å²) in [6.45, 7) is 4.99. The number of aromatic nitrogens is 2. The van der Waals surface area contributed by atoms with Crippen LogP contribution in [0.15, 0.2) is 27.8 Å². The summed E-state index contributed by atoms with van der Waals surface area (Å²) in [4.78, 5) is 0. The zero-order valence-corrected chi connectivity index (χ0v) is 13.6. The molecule has 2 aromatic rings. The summed E-state index contributed by atoms with van der Waals surface area (Å²) in [6.07, 6.45) is 4.07. The van der Waals surface area contributed by atoms with Gasteiger partial charge in [-0.1, -0.05) is 41.9 Å². The second kappa shape index (κ2) is 8.20. The maximum absolute atomic E-state index is 5.67. The summed E-state index contributed by atoms with van der Waals surface area (Å²) in [7, 11) is 0. The first kappa shape index (κ1) is 16.0. The van der Waals surface area contributed by atoms with Crippen molar-refractivity contribution in [1.82, 2.24) is 10.2 Å². The van der Waals surface area contributed by atoms with Crippen molar-refractivity contribution in [2.75, 3.05) is 6.54 Å². The number of hydrogen-bond acceptors (Lipinski definition) is 5. The molecule has 1 heterocycles. The van der Waals surface area contributed by atoms with E-state index in [0.717, 1.165) is 43.9 Å². The van der Waals surface area contributed by atoms with Gasteiger partial charge in [-0.3, -0.25) is 0 Å². The second-order valence-corrected chi connectivity index (χ2v) is 6.21. The van der Waals surface area contributed by atoms with Crippen molar-refractivity contribution < 1.29 is 4.42 Å². The molecule has 0 saturated carbocycles. The van der Waals surface area contributed by atoms with Crippen LogP contribution in [0.4, 0.5) is 0 Å². The molecule has 2 N–H and O–H groups in total. The van der Waals surface area contributed by atoms with Gasteiger partial charge in [0.25, 0.3) is 5.22 Å². The molecular weight excluding hydrogens is 282 g/mol. The van der Waals surface area contributed by atoms with Gasteiger partial charge in [-0.25, -0.2) is 0 Å². The fourth-order valence-corrected chi connectivity index (χ4v) is 2.93. The number of benzene rings is 1. The van der Waals surface area contributed by atoms with Crippen molar-refractivity contribution in [3.05, 3.63) is 40.8 Å².